The molecule has 1 aliphatic heterocycles. The first kappa shape index (κ1) is 28.6. The lowest BCUT2D eigenvalue weighted by atomic mass is 9.96. The van der Waals surface area contributed by atoms with Crippen molar-refractivity contribution in [1.82, 2.24) is 14.2 Å². The van der Waals surface area contributed by atoms with Gasteiger partial charge < -0.3 is 14.4 Å². The summed E-state index contributed by atoms with van der Waals surface area (Å²) in [5.74, 6) is 0.849. The van der Waals surface area contributed by atoms with E-state index >= 15 is 0 Å². The van der Waals surface area contributed by atoms with E-state index in [0.717, 1.165) is 17.7 Å². The molecule has 12 heteroatoms. The highest BCUT2D eigenvalue weighted by Gasteiger charge is 2.35. The van der Waals surface area contributed by atoms with Gasteiger partial charge in [0.15, 0.2) is 5.13 Å². The molecule has 0 aliphatic carbocycles. The lowest BCUT2D eigenvalue weighted by molar-refractivity contribution is -0.123. The zero-order valence-corrected chi connectivity index (χ0v) is 24.4. The minimum atomic E-state index is -3.65. The number of nitrogens with zero attached hydrogens (tertiary/aromatic N) is 4. The third kappa shape index (κ3) is 6.07. The molecular weight excluding hydrogens is 548 g/mol. The molecular formula is C26H33ClN4O5S2. The zero-order chi connectivity index (χ0) is 27.4. The van der Waals surface area contributed by atoms with Gasteiger partial charge in [-0.05, 0) is 76.3 Å². The Bertz CT molecular complexity index is 1370. The average molecular weight is 581 g/mol. The number of carbonyl (C=O) groups is 1. The Morgan fingerprint density at radius 2 is 1.76 bits per heavy atom. The van der Waals surface area contributed by atoms with Crippen LogP contribution in [-0.2, 0) is 14.8 Å². The number of rotatable bonds is 10. The number of anilines is 1. The van der Waals surface area contributed by atoms with Crippen molar-refractivity contribution in [2.45, 2.75) is 24.2 Å². The Morgan fingerprint density at radius 1 is 1.08 bits per heavy atom. The summed E-state index contributed by atoms with van der Waals surface area (Å²) >= 11 is 7.81. The van der Waals surface area contributed by atoms with Gasteiger partial charge in [-0.2, -0.15) is 4.31 Å². The van der Waals surface area contributed by atoms with Crippen LogP contribution in [0.25, 0.3) is 10.2 Å². The van der Waals surface area contributed by atoms with E-state index in [9.17, 15) is 13.2 Å². The molecule has 206 valence electrons. The number of aromatic nitrogens is 1. The Morgan fingerprint density at radius 3 is 2.37 bits per heavy atom. The van der Waals surface area contributed by atoms with E-state index in [2.05, 4.69) is 4.90 Å². The molecule has 2 aromatic carbocycles. The van der Waals surface area contributed by atoms with Crippen molar-refractivity contribution in [3.8, 4) is 11.5 Å². The van der Waals surface area contributed by atoms with Gasteiger partial charge in [-0.15, -0.1) is 0 Å². The van der Waals surface area contributed by atoms with Crippen LogP contribution in [0.5, 0.6) is 11.5 Å². The number of sulfonamides is 1. The molecule has 1 fully saturated rings. The quantitative estimate of drug-likeness (QED) is 0.352. The molecule has 1 saturated heterocycles. The normalized spacial score (nSPS) is 15.2. The Kier molecular flexibility index (Phi) is 9.15. The van der Waals surface area contributed by atoms with Crippen LogP contribution in [-0.4, -0.2) is 83.0 Å². The topological polar surface area (TPSA) is 92.3 Å². The lowest BCUT2D eigenvalue weighted by Crippen LogP contribution is -2.45. The average Bonchev–Trinajstić information content (AvgIpc) is 3.37. The summed E-state index contributed by atoms with van der Waals surface area (Å²) in [6.07, 6.45) is 1.64. The smallest absolute Gasteiger partial charge is 0.243 e. The standard InChI is InChI=1S/C26H33ClN4O5S2/c1-29(2)14-5-15-31(26-28-23-22(36-4)11-10-21(27)24(23)37-26)25(32)18-12-16-30(17-13-18)38(33,34)20-8-6-19(35-3)7-9-20/h6-11,18H,5,12-17H2,1-4H3. The zero-order valence-electron chi connectivity index (χ0n) is 22.0. The number of amides is 1. The molecule has 9 nitrogen and oxygen atoms in total. The molecule has 3 aromatic rings. The molecule has 2 heterocycles. The lowest BCUT2D eigenvalue weighted by Gasteiger charge is -2.33. The van der Waals surface area contributed by atoms with Gasteiger partial charge in [-0.3, -0.25) is 9.69 Å². The molecule has 0 radical (unpaired) electrons. The van der Waals surface area contributed by atoms with E-state index in [1.807, 2.05) is 14.1 Å². The van der Waals surface area contributed by atoms with Gasteiger partial charge in [-0.1, -0.05) is 22.9 Å². The predicted octanol–water partition coefficient (Wildman–Crippen LogP) is 4.35. The fraction of sp³-hybridized carbons (Fsp3) is 0.462. The Hall–Kier alpha value is -2.44. The van der Waals surface area contributed by atoms with Gasteiger partial charge in [0.25, 0.3) is 0 Å². The van der Waals surface area contributed by atoms with Gasteiger partial charge in [0.2, 0.25) is 15.9 Å². The minimum absolute atomic E-state index is 0.0422. The van der Waals surface area contributed by atoms with Crippen LogP contribution in [0.1, 0.15) is 19.3 Å². The van der Waals surface area contributed by atoms with Crippen molar-refractivity contribution in [1.29, 1.82) is 0 Å². The van der Waals surface area contributed by atoms with Crippen LogP contribution in [0.15, 0.2) is 41.3 Å². The number of halogens is 1. The number of piperidine rings is 1. The molecule has 0 bridgehead atoms. The molecule has 0 unspecified atom stereocenters. The van der Waals surface area contributed by atoms with Crippen LogP contribution in [0, 0.1) is 5.92 Å². The van der Waals surface area contributed by atoms with Crippen LogP contribution in [0.4, 0.5) is 5.13 Å². The second-order valence-electron chi connectivity index (χ2n) is 9.42. The summed E-state index contributed by atoms with van der Waals surface area (Å²) in [6.45, 7) is 1.87. The summed E-state index contributed by atoms with van der Waals surface area (Å²) in [4.78, 5) is 22.6. The predicted molar refractivity (Wildman–Crippen MR) is 151 cm³/mol. The summed E-state index contributed by atoms with van der Waals surface area (Å²) in [7, 11) is 3.45. The minimum Gasteiger partial charge on any atom is -0.497 e. The highest BCUT2D eigenvalue weighted by atomic mass is 35.5. The number of benzene rings is 2. The van der Waals surface area contributed by atoms with Crippen LogP contribution in [0.2, 0.25) is 5.02 Å². The highest BCUT2D eigenvalue weighted by molar-refractivity contribution is 7.89. The van der Waals surface area contributed by atoms with Crippen LogP contribution >= 0.6 is 22.9 Å². The van der Waals surface area contributed by atoms with Gasteiger partial charge in [0.05, 0.1) is 28.8 Å². The first-order chi connectivity index (χ1) is 18.1. The number of methoxy groups -OCH3 is 2. The Labute approximate surface area is 233 Å². The molecule has 4 rings (SSSR count). The summed E-state index contributed by atoms with van der Waals surface area (Å²) in [6, 6.07) is 9.89. The number of hydrogen-bond acceptors (Lipinski definition) is 8. The first-order valence-corrected chi connectivity index (χ1v) is 15.0. The first-order valence-electron chi connectivity index (χ1n) is 12.4. The number of ether oxygens (including phenoxy) is 2. The molecule has 38 heavy (non-hydrogen) atoms. The van der Waals surface area contributed by atoms with E-state index < -0.39 is 10.0 Å². The fourth-order valence-electron chi connectivity index (χ4n) is 4.53. The van der Waals surface area contributed by atoms with Crippen molar-refractivity contribution < 1.29 is 22.7 Å². The third-order valence-corrected chi connectivity index (χ3v) is 10.1. The molecule has 1 amide bonds. The third-order valence-electron chi connectivity index (χ3n) is 6.65. The number of hydrogen-bond donors (Lipinski definition) is 0. The molecule has 0 atom stereocenters. The van der Waals surface area contributed by atoms with Crippen molar-refractivity contribution in [3.05, 3.63) is 41.4 Å². The largest absolute Gasteiger partial charge is 0.497 e. The molecule has 0 N–H and O–H groups in total. The second-order valence-corrected chi connectivity index (χ2v) is 12.7. The second kappa shape index (κ2) is 12.2. The van der Waals surface area contributed by atoms with Gasteiger partial charge >= 0.3 is 0 Å². The highest BCUT2D eigenvalue weighted by Crippen LogP contribution is 2.39. The van der Waals surface area contributed by atoms with E-state index in [1.165, 1.54) is 22.8 Å². The summed E-state index contributed by atoms with van der Waals surface area (Å²) in [5.41, 5.74) is 0.630. The van der Waals surface area contributed by atoms with E-state index in [0.29, 0.717) is 46.6 Å². The molecule has 1 aromatic heterocycles. The monoisotopic (exact) mass is 580 g/mol. The van der Waals surface area contributed by atoms with Crippen molar-refractivity contribution in [3.63, 3.8) is 0 Å². The number of thiazole rings is 1. The van der Waals surface area contributed by atoms with E-state index in [-0.39, 0.29) is 29.8 Å². The van der Waals surface area contributed by atoms with Gasteiger partial charge in [0.1, 0.15) is 17.0 Å². The van der Waals surface area contributed by atoms with E-state index in [4.69, 9.17) is 26.1 Å². The number of fused-ring (bicyclic) bond motifs is 1. The van der Waals surface area contributed by atoms with Gasteiger partial charge in [0, 0.05) is 25.6 Å². The summed E-state index contributed by atoms with van der Waals surface area (Å²) in [5, 5.41) is 1.13. The summed E-state index contributed by atoms with van der Waals surface area (Å²) < 4.78 is 39.2. The van der Waals surface area contributed by atoms with Gasteiger partial charge in [-0.25, -0.2) is 13.4 Å². The van der Waals surface area contributed by atoms with Crippen LogP contribution in [0.3, 0.4) is 0 Å². The maximum absolute atomic E-state index is 13.8. The molecule has 0 saturated carbocycles. The Balaban J connectivity index is 1.53. The SMILES string of the molecule is COc1ccc(S(=O)(=O)N2CCC(C(=O)N(CCCN(C)C)c3nc4c(OC)ccc(Cl)c4s3)CC2)cc1. The fourth-order valence-corrected chi connectivity index (χ4v) is 7.28. The van der Waals surface area contributed by atoms with Crippen molar-refractivity contribution >= 4 is 54.2 Å². The maximum atomic E-state index is 13.8. The number of carbonyl (C=O) groups excluding carboxylic acids is 1. The molecule has 0 spiro atoms. The maximum Gasteiger partial charge on any atom is 0.243 e. The molecule has 1 aliphatic rings. The van der Waals surface area contributed by atoms with Crippen LogP contribution < -0.4 is 14.4 Å². The van der Waals surface area contributed by atoms with Crippen molar-refractivity contribution in [2.24, 2.45) is 5.92 Å². The van der Waals surface area contributed by atoms with E-state index in [1.54, 1.807) is 48.4 Å². The van der Waals surface area contributed by atoms with Crippen molar-refractivity contribution in [2.75, 3.05) is 59.4 Å².